The van der Waals surface area contributed by atoms with Crippen LogP contribution in [0.15, 0.2) is 46.9 Å². The maximum atomic E-state index is 9.42. The molecule has 3 rings (SSSR count). The largest absolute Gasteiger partial charge is 0.462 e. The molecule has 1 fully saturated rings. The Kier molecular flexibility index (Phi) is 6.04. The molecule has 1 aromatic carbocycles. The van der Waals surface area contributed by atoms with E-state index in [1.807, 2.05) is 18.2 Å². The van der Waals surface area contributed by atoms with Crippen LogP contribution >= 0.6 is 0 Å². The lowest BCUT2D eigenvalue weighted by atomic mass is 10.1. The number of furan rings is 1. The Balaban J connectivity index is 1.60. The van der Waals surface area contributed by atoms with Crippen molar-refractivity contribution in [3.8, 4) is 0 Å². The number of aliphatic hydroxyl groups excluding tert-OH is 2. The minimum atomic E-state index is -0.0575. The summed E-state index contributed by atoms with van der Waals surface area (Å²) in [5, 5.41) is 18.5. The average molecular weight is 330 g/mol. The minimum absolute atomic E-state index is 0.0575. The number of rotatable bonds is 7. The molecule has 1 saturated heterocycles. The second-order valence-electron chi connectivity index (χ2n) is 6.38. The van der Waals surface area contributed by atoms with Gasteiger partial charge in [-0.3, -0.25) is 9.80 Å². The van der Waals surface area contributed by atoms with Crippen LogP contribution in [0.2, 0.25) is 0 Å². The van der Waals surface area contributed by atoms with E-state index in [1.165, 1.54) is 5.56 Å². The van der Waals surface area contributed by atoms with E-state index in [2.05, 4.69) is 34.1 Å². The van der Waals surface area contributed by atoms with E-state index in [4.69, 9.17) is 9.52 Å². The lowest BCUT2D eigenvalue weighted by molar-refractivity contribution is 0.0464. The van der Waals surface area contributed by atoms with E-state index in [9.17, 15) is 5.11 Å². The third-order valence-corrected chi connectivity index (χ3v) is 4.63. The van der Waals surface area contributed by atoms with Crippen molar-refractivity contribution in [2.75, 3.05) is 26.2 Å². The monoisotopic (exact) mass is 330 g/mol. The van der Waals surface area contributed by atoms with Gasteiger partial charge >= 0.3 is 0 Å². The first kappa shape index (κ1) is 17.2. The van der Waals surface area contributed by atoms with Crippen molar-refractivity contribution in [1.29, 1.82) is 0 Å². The second-order valence-corrected chi connectivity index (χ2v) is 6.38. The van der Waals surface area contributed by atoms with Crippen LogP contribution in [0.5, 0.6) is 0 Å². The molecule has 5 heteroatoms. The quantitative estimate of drug-likeness (QED) is 0.811. The lowest BCUT2D eigenvalue weighted by Gasteiger charge is -2.41. The third kappa shape index (κ3) is 4.45. The van der Waals surface area contributed by atoms with Gasteiger partial charge in [-0.15, -0.1) is 0 Å². The maximum Gasteiger partial charge on any atom is 0.129 e. The highest BCUT2D eigenvalue weighted by molar-refractivity contribution is 5.15. The summed E-state index contributed by atoms with van der Waals surface area (Å²) in [5.41, 5.74) is 1.31. The van der Waals surface area contributed by atoms with Crippen LogP contribution in [0.25, 0.3) is 0 Å². The van der Waals surface area contributed by atoms with E-state index in [0.29, 0.717) is 11.8 Å². The zero-order valence-corrected chi connectivity index (χ0v) is 14.0. The standard InChI is InChI=1S/C19H26N2O3/c22-11-8-17-13-20(14-18-6-7-19(15-23)24-18)9-10-21(17)12-16-4-2-1-3-5-16/h1-7,17,22-23H,8-15H2/t17-/m0/s1. The lowest BCUT2D eigenvalue weighted by Crippen LogP contribution is -2.52. The van der Waals surface area contributed by atoms with Gasteiger partial charge in [0.1, 0.15) is 18.1 Å². The van der Waals surface area contributed by atoms with E-state index < -0.39 is 0 Å². The first-order valence-electron chi connectivity index (χ1n) is 8.58. The molecular formula is C19H26N2O3. The molecule has 0 unspecified atom stereocenters. The summed E-state index contributed by atoms with van der Waals surface area (Å²) in [6.45, 7) is 4.70. The molecule has 24 heavy (non-hydrogen) atoms. The Morgan fingerprint density at radius 2 is 1.75 bits per heavy atom. The molecule has 0 saturated carbocycles. The molecule has 0 spiro atoms. The van der Waals surface area contributed by atoms with Crippen molar-refractivity contribution >= 4 is 0 Å². The van der Waals surface area contributed by atoms with Gasteiger partial charge in [-0.1, -0.05) is 30.3 Å². The molecule has 2 N–H and O–H groups in total. The molecule has 1 aliphatic rings. The third-order valence-electron chi connectivity index (χ3n) is 4.63. The van der Waals surface area contributed by atoms with Gasteiger partial charge in [-0.25, -0.2) is 0 Å². The Morgan fingerprint density at radius 3 is 2.46 bits per heavy atom. The summed E-state index contributed by atoms with van der Waals surface area (Å²) in [5.74, 6) is 1.50. The second kappa shape index (κ2) is 8.44. The van der Waals surface area contributed by atoms with Crippen LogP contribution in [0.1, 0.15) is 23.5 Å². The summed E-state index contributed by atoms with van der Waals surface area (Å²) in [6.07, 6.45) is 0.781. The average Bonchev–Trinajstić information content (AvgIpc) is 3.06. The van der Waals surface area contributed by atoms with Crippen LogP contribution in [0, 0.1) is 0 Å². The molecular weight excluding hydrogens is 304 g/mol. The summed E-state index contributed by atoms with van der Waals surface area (Å²) < 4.78 is 5.60. The Morgan fingerprint density at radius 1 is 0.958 bits per heavy atom. The van der Waals surface area contributed by atoms with Gasteiger partial charge in [-0.05, 0) is 24.1 Å². The van der Waals surface area contributed by atoms with Crippen LogP contribution in [0.4, 0.5) is 0 Å². The highest BCUT2D eigenvalue weighted by Crippen LogP contribution is 2.19. The molecule has 1 aliphatic heterocycles. The molecule has 0 bridgehead atoms. The number of nitrogens with zero attached hydrogens (tertiary/aromatic N) is 2. The minimum Gasteiger partial charge on any atom is -0.462 e. The molecule has 130 valence electrons. The fourth-order valence-electron chi connectivity index (χ4n) is 3.36. The van der Waals surface area contributed by atoms with Crippen molar-refractivity contribution in [2.45, 2.75) is 32.2 Å². The molecule has 2 aromatic rings. The Bertz CT molecular complexity index is 614. The highest BCUT2D eigenvalue weighted by Gasteiger charge is 2.27. The van der Waals surface area contributed by atoms with Crippen molar-refractivity contribution in [2.24, 2.45) is 0 Å². The number of hydrogen-bond donors (Lipinski definition) is 2. The predicted molar refractivity (Wildman–Crippen MR) is 92.3 cm³/mol. The molecule has 0 amide bonds. The molecule has 5 nitrogen and oxygen atoms in total. The zero-order chi connectivity index (χ0) is 16.8. The molecule has 0 aliphatic carbocycles. The van der Waals surface area contributed by atoms with Gasteiger partial charge in [0.05, 0.1) is 6.54 Å². The van der Waals surface area contributed by atoms with Crippen LogP contribution in [-0.4, -0.2) is 52.3 Å². The number of piperazine rings is 1. The first-order chi connectivity index (χ1) is 11.8. The van der Waals surface area contributed by atoms with Gasteiger partial charge in [0.15, 0.2) is 0 Å². The van der Waals surface area contributed by atoms with E-state index in [0.717, 1.165) is 44.9 Å². The molecule has 0 radical (unpaired) electrons. The summed E-state index contributed by atoms with van der Waals surface area (Å²) in [4.78, 5) is 4.82. The predicted octanol–water partition coefficient (Wildman–Crippen LogP) is 1.84. The fraction of sp³-hybridized carbons (Fsp3) is 0.474. The smallest absolute Gasteiger partial charge is 0.129 e. The summed E-state index contributed by atoms with van der Waals surface area (Å²) in [7, 11) is 0. The van der Waals surface area contributed by atoms with Gasteiger partial charge < -0.3 is 14.6 Å². The van der Waals surface area contributed by atoms with E-state index in [-0.39, 0.29) is 13.2 Å². The molecule has 1 atom stereocenters. The molecule has 1 aromatic heterocycles. The number of benzene rings is 1. The SMILES string of the molecule is OCC[C@H]1CN(Cc2ccc(CO)o2)CCN1Cc1ccccc1. The van der Waals surface area contributed by atoms with Crippen LogP contribution in [0.3, 0.4) is 0 Å². The first-order valence-corrected chi connectivity index (χ1v) is 8.58. The fourth-order valence-corrected chi connectivity index (χ4v) is 3.36. The van der Waals surface area contributed by atoms with Gasteiger partial charge in [0, 0.05) is 38.8 Å². The number of aliphatic hydroxyl groups is 2. The van der Waals surface area contributed by atoms with E-state index in [1.54, 1.807) is 0 Å². The van der Waals surface area contributed by atoms with Crippen molar-refractivity contribution < 1.29 is 14.6 Å². The van der Waals surface area contributed by atoms with Crippen molar-refractivity contribution in [3.05, 3.63) is 59.5 Å². The Hall–Kier alpha value is -1.66. The molecule has 2 heterocycles. The zero-order valence-electron chi connectivity index (χ0n) is 14.0. The maximum absolute atomic E-state index is 9.42. The van der Waals surface area contributed by atoms with Gasteiger partial charge in [0.2, 0.25) is 0 Å². The normalized spacial score (nSPS) is 19.7. The summed E-state index contributed by atoms with van der Waals surface area (Å²) >= 11 is 0. The summed E-state index contributed by atoms with van der Waals surface area (Å²) in [6, 6.07) is 14.6. The number of hydrogen-bond acceptors (Lipinski definition) is 5. The van der Waals surface area contributed by atoms with E-state index >= 15 is 0 Å². The van der Waals surface area contributed by atoms with Crippen molar-refractivity contribution in [1.82, 2.24) is 9.80 Å². The van der Waals surface area contributed by atoms with Crippen LogP contribution in [-0.2, 0) is 19.7 Å². The van der Waals surface area contributed by atoms with Gasteiger partial charge in [0.25, 0.3) is 0 Å². The highest BCUT2D eigenvalue weighted by atomic mass is 16.4. The van der Waals surface area contributed by atoms with Crippen LogP contribution < -0.4 is 0 Å². The Labute approximate surface area is 143 Å². The van der Waals surface area contributed by atoms with Crippen molar-refractivity contribution in [3.63, 3.8) is 0 Å². The topological polar surface area (TPSA) is 60.1 Å². The van der Waals surface area contributed by atoms with Gasteiger partial charge in [-0.2, -0.15) is 0 Å².